The Morgan fingerprint density at radius 2 is 1.27 bits per heavy atom. The number of benzene rings is 3. The van der Waals surface area contributed by atoms with Crippen LogP contribution in [0.1, 0.15) is 112 Å². The summed E-state index contributed by atoms with van der Waals surface area (Å²) in [5.74, 6) is -2.56. The van der Waals surface area contributed by atoms with E-state index >= 15 is 0 Å². The Kier molecular flexibility index (Phi) is 25.9. The molecule has 10 amide bonds. The van der Waals surface area contributed by atoms with Crippen LogP contribution in [-0.4, -0.2) is 156 Å². The van der Waals surface area contributed by atoms with Gasteiger partial charge in [0.25, 0.3) is 0 Å². The van der Waals surface area contributed by atoms with Gasteiger partial charge in [0.2, 0.25) is 35.4 Å². The zero-order valence-corrected chi connectivity index (χ0v) is 57.6. The Labute approximate surface area is 554 Å². The maximum atomic E-state index is 14.3. The molecule has 31 heteroatoms. The van der Waals surface area contributed by atoms with Crippen LogP contribution >= 0.6 is 61.6 Å². The Morgan fingerprint density at radius 3 is 1.79 bits per heavy atom. The molecule has 4 heterocycles. The number of amides is 10. The first-order chi connectivity index (χ1) is 43.6. The predicted octanol–water partition coefficient (Wildman–Crippen LogP) is 8.20. The van der Waals surface area contributed by atoms with E-state index in [-0.39, 0.29) is 112 Å². The third-order valence-electron chi connectivity index (χ3n) is 15.9. The molecular formula is C61H82Cl2N11O14P2S2+. The van der Waals surface area contributed by atoms with Crippen molar-refractivity contribution < 1.29 is 66.9 Å². The molecule has 7 rings (SSSR count). The smallest absolute Gasteiger partial charge is 0.445 e. The van der Waals surface area contributed by atoms with E-state index in [1.807, 2.05) is 33.1 Å². The summed E-state index contributed by atoms with van der Waals surface area (Å²) in [5, 5.41) is 18.9. The van der Waals surface area contributed by atoms with Crippen LogP contribution in [0.5, 0.6) is 11.5 Å². The van der Waals surface area contributed by atoms with E-state index in [2.05, 4.69) is 26.6 Å². The van der Waals surface area contributed by atoms with Crippen molar-refractivity contribution in [3.05, 3.63) is 75.0 Å². The highest BCUT2D eigenvalue weighted by molar-refractivity contribution is 7.88. The quantitative estimate of drug-likeness (QED) is 0.0119. The van der Waals surface area contributed by atoms with Crippen molar-refractivity contribution in [1.29, 1.82) is 0 Å². The molecule has 0 fully saturated rings. The Balaban J connectivity index is 0.922. The summed E-state index contributed by atoms with van der Waals surface area (Å²) in [5.41, 5.74) is 16.5. The number of anilines is 3. The van der Waals surface area contributed by atoms with Crippen molar-refractivity contribution in [2.45, 2.75) is 123 Å². The summed E-state index contributed by atoms with van der Waals surface area (Å²) in [6.07, 6.45) is 0.698. The molecule has 0 radical (unpaired) electrons. The van der Waals surface area contributed by atoms with Crippen molar-refractivity contribution in [3.8, 4) is 11.5 Å². The maximum absolute atomic E-state index is 14.3. The minimum Gasteiger partial charge on any atom is -0.445 e. The van der Waals surface area contributed by atoms with Crippen molar-refractivity contribution in [1.82, 2.24) is 31.1 Å². The van der Waals surface area contributed by atoms with Gasteiger partial charge in [0.15, 0.2) is 11.5 Å². The monoisotopic (exact) mass is 1390 g/mol. The standard InChI is InChI=1S/C61H81Cl2N11O14P2S2/c1-33(2)53(70-57(79)41(67-36(5)75)12-8-9-20-64)58(80)69-42(13-11-21-66-59(65)81)56(78)68-40-18-16-37(17-19-40)30-86-60(82)71(6)22-23-72(7)61(83)87-45-24-43-51(49-34(3)31-91-54(45)49)38(26-62)28-73(43)47(76)14-10-15-48(77)74-29-39(27-63)52-44(74)25-46(88-90(84,85)89)55-50(52)35(4)32-92-55/h16-19,24-25,31-33,38-39,41-42,53,84-85,89H,8-15,20-23,26-30,64H2,1-7H3,(H,67,75)(H,68,78)(H,69,80)(H,70,79)(H3,65,66,81)/p+1/t38-,39-,41+,42+,53+/m1/s1. The second-order valence-electron chi connectivity index (χ2n) is 23.3. The van der Waals surface area contributed by atoms with Crippen LogP contribution < -0.4 is 57.1 Å². The molecule has 6 atom stereocenters. The number of alkyl halides is 2. The highest BCUT2D eigenvalue weighted by Gasteiger charge is 2.39. The second kappa shape index (κ2) is 32.9. The number of urea groups is 1. The van der Waals surface area contributed by atoms with Gasteiger partial charge in [0.1, 0.15) is 33.3 Å². The summed E-state index contributed by atoms with van der Waals surface area (Å²) in [6.45, 7) is 9.69. The van der Waals surface area contributed by atoms with Crippen LogP contribution in [0, 0.1) is 19.8 Å². The second-order valence-corrected chi connectivity index (χ2v) is 29.1. The van der Waals surface area contributed by atoms with E-state index in [1.165, 1.54) is 53.5 Å². The van der Waals surface area contributed by atoms with E-state index in [1.54, 1.807) is 60.0 Å². The van der Waals surface area contributed by atoms with Crippen LogP contribution in [0.3, 0.4) is 0 Å². The van der Waals surface area contributed by atoms with Gasteiger partial charge in [-0.3, -0.25) is 38.6 Å². The number of hydrogen-bond acceptors (Lipinski definition) is 15. The Morgan fingerprint density at radius 1 is 0.739 bits per heavy atom. The van der Waals surface area contributed by atoms with Crippen LogP contribution in [0.25, 0.3) is 20.2 Å². The van der Waals surface area contributed by atoms with E-state index in [0.717, 1.165) is 37.7 Å². The highest BCUT2D eigenvalue weighted by Crippen LogP contribution is 2.54. The van der Waals surface area contributed by atoms with Gasteiger partial charge in [0, 0.05) is 119 Å². The number of thiophene rings is 2. The van der Waals surface area contributed by atoms with Crippen molar-refractivity contribution in [3.63, 3.8) is 0 Å². The number of nitrogens with one attached hydrogen (secondary N) is 5. The Bertz CT molecular complexity index is 3610. The van der Waals surface area contributed by atoms with Crippen molar-refractivity contribution >= 4 is 153 Å². The summed E-state index contributed by atoms with van der Waals surface area (Å²) >= 11 is 15.9. The molecule has 25 nitrogen and oxygen atoms in total. The van der Waals surface area contributed by atoms with Gasteiger partial charge in [-0.15, -0.1) is 45.9 Å². The number of hydrogen-bond donors (Lipinski definition) is 9. The Hall–Kier alpha value is -6.80. The molecule has 0 bridgehead atoms. The maximum Gasteiger partial charge on any atom is 0.476 e. The molecule has 2 aliphatic rings. The van der Waals surface area contributed by atoms with Crippen LogP contribution in [-0.2, 0) is 40.1 Å². The molecule has 0 aliphatic carbocycles. The first kappa shape index (κ1) is 72.6. The third kappa shape index (κ3) is 18.5. The number of primary amides is 1. The fourth-order valence-corrected chi connectivity index (χ4v) is 14.5. The molecule has 5 aromatic rings. The van der Waals surface area contributed by atoms with Gasteiger partial charge < -0.3 is 71.6 Å². The fourth-order valence-electron chi connectivity index (χ4n) is 11.1. The summed E-state index contributed by atoms with van der Waals surface area (Å²) in [4.78, 5) is 146. The zero-order chi connectivity index (χ0) is 67.3. The van der Waals surface area contributed by atoms with Gasteiger partial charge in [-0.1, -0.05) is 26.0 Å². The number of ether oxygens (including phenoxy) is 2. The minimum absolute atomic E-state index is 0.0200. The molecule has 0 spiro atoms. The molecule has 3 aromatic carbocycles. The topological polar surface area (TPSA) is 347 Å². The average molecular weight is 1390 g/mol. The first-order valence-electron chi connectivity index (χ1n) is 30.1. The van der Waals surface area contributed by atoms with Gasteiger partial charge in [0.05, 0.1) is 20.8 Å². The number of rotatable bonds is 30. The summed E-state index contributed by atoms with van der Waals surface area (Å²) < 4.78 is 18.7. The molecule has 500 valence electrons. The number of likely N-dealkylation sites (N-methyl/N-ethyl adjacent to an activating group) is 2. The third-order valence-corrected chi connectivity index (χ3v) is 19.6. The number of aryl methyl sites for hydroxylation is 2. The van der Waals surface area contributed by atoms with Gasteiger partial charge in [-0.05, 0) is 116 Å². The number of nitrogens with two attached hydrogens (primary N) is 2. The number of unbranched alkanes of at least 4 members (excludes halogenated alkanes) is 1. The van der Waals surface area contributed by atoms with Crippen LogP contribution in [0.4, 0.5) is 31.4 Å². The van der Waals surface area contributed by atoms with Crippen LogP contribution in [0.2, 0.25) is 0 Å². The number of carbonyl (C=O) groups excluding carboxylic acids is 9. The summed E-state index contributed by atoms with van der Waals surface area (Å²) in [6, 6.07) is 5.92. The van der Waals surface area contributed by atoms with E-state index in [0.29, 0.717) is 59.7 Å². The number of carbonyl (C=O) groups is 9. The molecule has 0 saturated heterocycles. The van der Waals surface area contributed by atoms with Crippen molar-refractivity contribution in [2.24, 2.45) is 17.4 Å². The SMILES string of the molecule is CC(=O)N[C@@H](CCCCN)C(=O)N[C@H](C(=O)N[C@@H](CCCNC(N)=O)C(=O)Nc1ccc(COC(=O)N(C)CCN(C)C(=O)Oc2cc3c(c4c(C)csc24)[C@H](CCl)CN3C(=O)CCCC(=O)N2C[C@@H](CCl)c3c2cc(OP(O)(O)=[PH2+])c2scc(C)c32)cc1)C(C)C. The zero-order valence-electron chi connectivity index (χ0n) is 52.4. The fraction of sp³-hybridized carbons (Fsp3) is 0.492. The van der Waals surface area contributed by atoms with Gasteiger partial charge in [-0.2, -0.15) is 0 Å². The number of fused-ring (bicyclic) bond motifs is 6. The van der Waals surface area contributed by atoms with E-state index in [9.17, 15) is 52.9 Å². The van der Waals surface area contributed by atoms with Crippen molar-refractivity contribution in [2.75, 3.05) is 80.2 Å². The van der Waals surface area contributed by atoms with E-state index in [4.69, 9.17) is 48.7 Å². The van der Waals surface area contributed by atoms with E-state index < -0.39 is 73.1 Å². The highest BCUT2D eigenvalue weighted by atomic mass is 35.5. The van der Waals surface area contributed by atoms with Gasteiger partial charge in [-0.25, -0.2) is 14.4 Å². The molecule has 2 aromatic heterocycles. The lowest BCUT2D eigenvalue weighted by molar-refractivity contribution is -0.133. The summed E-state index contributed by atoms with van der Waals surface area (Å²) in [7, 11) is 1.19. The largest absolute Gasteiger partial charge is 0.476 e. The molecule has 11 N–H and O–H groups in total. The molecule has 2 aliphatic heterocycles. The average Bonchev–Trinajstić information content (AvgIpc) is 1.58. The van der Waals surface area contributed by atoms with Gasteiger partial charge >= 0.3 is 25.4 Å². The molecule has 92 heavy (non-hydrogen) atoms. The number of nitrogens with zero attached hydrogens (tertiary/aromatic N) is 4. The lowest BCUT2D eigenvalue weighted by Crippen LogP contribution is -2.57. The van der Waals surface area contributed by atoms with Crippen LogP contribution in [0.15, 0.2) is 47.2 Å². The number of halogens is 2. The lowest BCUT2D eigenvalue weighted by atomic mass is 9.97. The molecular weight excluding hydrogens is 1310 g/mol. The first-order valence-corrected chi connectivity index (χ1v) is 36.2. The predicted molar refractivity (Wildman–Crippen MR) is 363 cm³/mol. The normalized spacial score (nSPS) is 15.3. The lowest BCUT2D eigenvalue weighted by Gasteiger charge is -2.27. The molecule has 1 unspecified atom stereocenters. The molecule has 0 saturated carbocycles. The minimum atomic E-state index is -3.79.